The molecule has 3 rings (SSSR count). The van der Waals surface area contributed by atoms with E-state index in [1.807, 2.05) is 24.7 Å². The molecule has 0 spiro atoms. The van der Waals surface area contributed by atoms with Gasteiger partial charge < -0.3 is 9.88 Å². The monoisotopic (exact) mass is 321 g/mol. The third-order valence-corrected chi connectivity index (χ3v) is 4.31. The number of hydrogen-bond acceptors (Lipinski definition) is 2. The number of aromatic nitrogens is 2. The summed E-state index contributed by atoms with van der Waals surface area (Å²) in [4.78, 5) is 4.26. The maximum Gasteiger partial charge on any atom is 0.0951 e. The third-order valence-electron chi connectivity index (χ3n) is 3.75. The molecular weight excluding hydrogens is 305 g/mol. The second-order valence-electron chi connectivity index (χ2n) is 5.16. The summed E-state index contributed by atoms with van der Waals surface area (Å²) in [6.07, 6.45) is 8.15. The number of benzene rings is 1. The first kappa shape index (κ1) is 14.6. The van der Waals surface area contributed by atoms with Gasteiger partial charge in [-0.2, -0.15) is 0 Å². The zero-order valence-electron chi connectivity index (χ0n) is 11.6. The molecule has 3 nitrogen and oxygen atoms in total. The van der Waals surface area contributed by atoms with Crippen molar-refractivity contribution < 1.29 is 0 Å². The summed E-state index contributed by atoms with van der Waals surface area (Å²) in [6, 6.07) is 5.51. The van der Waals surface area contributed by atoms with E-state index in [0.29, 0.717) is 10.0 Å². The van der Waals surface area contributed by atoms with Gasteiger partial charge in [0, 0.05) is 23.7 Å². The fraction of sp³-hybridized carbons (Fsp3) is 0.312. The molecule has 1 aromatic heterocycles. The molecule has 110 valence electrons. The maximum atomic E-state index is 6.29. The number of nitrogens with one attached hydrogen (secondary N) is 1. The van der Waals surface area contributed by atoms with Crippen molar-refractivity contribution in [2.24, 2.45) is 0 Å². The lowest BCUT2D eigenvalue weighted by molar-refractivity contribution is 0.633. The van der Waals surface area contributed by atoms with Gasteiger partial charge in [-0.1, -0.05) is 34.9 Å². The first-order valence-electron chi connectivity index (χ1n) is 7.08. The predicted octanol–water partition coefficient (Wildman–Crippen LogP) is 4.17. The van der Waals surface area contributed by atoms with E-state index < -0.39 is 0 Å². The van der Waals surface area contributed by atoms with Gasteiger partial charge in [0.25, 0.3) is 0 Å². The van der Waals surface area contributed by atoms with Crippen molar-refractivity contribution in [3.63, 3.8) is 0 Å². The molecule has 2 aromatic rings. The largest absolute Gasteiger partial charge is 0.330 e. The zero-order valence-corrected chi connectivity index (χ0v) is 13.2. The molecule has 1 aliphatic heterocycles. The zero-order chi connectivity index (χ0) is 14.7. The Bertz CT molecular complexity index is 661. The van der Waals surface area contributed by atoms with Crippen molar-refractivity contribution >= 4 is 23.2 Å². The van der Waals surface area contributed by atoms with Gasteiger partial charge in [-0.15, -0.1) is 0 Å². The average Bonchev–Trinajstić information content (AvgIpc) is 2.97. The second-order valence-corrected chi connectivity index (χ2v) is 6.01. The van der Waals surface area contributed by atoms with Crippen LogP contribution in [0, 0.1) is 0 Å². The molecule has 1 aliphatic rings. The minimum atomic E-state index is 0.684. The smallest absolute Gasteiger partial charge is 0.0951 e. The highest BCUT2D eigenvalue weighted by atomic mass is 35.5. The Kier molecular flexibility index (Phi) is 4.63. The summed E-state index contributed by atoms with van der Waals surface area (Å²) in [6.45, 7) is 2.96. The van der Waals surface area contributed by atoms with E-state index in [9.17, 15) is 0 Å². The molecule has 0 bridgehead atoms. The molecule has 0 saturated carbocycles. The summed E-state index contributed by atoms with van der Waals surface area (Å²) in [5, 5.41) is 4.71. The highest BCUT2D eigenvalue weighted by Crippen LogP contribution is 2.30. The summed E-state index contributed by atoms with van der Waals surface area (Å²) in [5.74, 6) is 0. The van der Waals surface area contributed by atoms with E-state index in [1.54, 1.807) is 6.07 Å². The van der Waals surface area contributed by atoms with Gasteiger partial charge in [0.15, 0.2) is 0 Å². The van der Waals surface area contributed by atoms with Crippen LogP contribution in [0.1, 0.15) is 12.8 Å². The topological polar surface area (TPSA) is 29.9 Å². The van der Waals surface area contributed by atoms with Crippen molar-refractivity contribution in [2.75, 3.05) is 13.1 Å². The van der Waals surface area contributed by atoms with Crippen molar-refractivity contribution in [2.45, 2.75) is 19.4 Å². The minimum absolute atomic E-state index is 0.684. The first-order valence-corrected chi connectivity index (χ1v) is 7.84. The fourth-order valence-corrected chi connectivity index (χ4v) is 2.96. The lowest BCUT2D eigenvalue weighted by Gasteiger charge is -2.15. The van der Waals surface area contributed by atoms with Crippen LogP contribution in [0.3, 0.4) is 0 Å². The van der Waals surface area contributed by atoms with Crippen LogP contribution in [-0.2, 0) is 6.54 Å². The second kappa shape index (κ2) is 6.65. The number of nitrogens with zero attached hydrogens (tertiary/aromatic N) is 2. The molecule has 1 aromatic carbocycles. The number of rotatable bonds is 4. The SMILES string of the molecule is Clc1ccc(Cl)c(-c2cncn2CCC2=CCNCC2)c1. The van der Waals surface area contributed by atoms with Crippen LogP contribution in [0.5, 0.6) is 0 Å². The molecule has 21 heavy (non-hydrogen) atoms. The van der Waals surface area contributed by atoms with Crippen LogP contribution in [0.25, 0.3) is 11.3 Å². The molecule has 0 unspecified atom stereocenters. The van der Waals surface area contributed by atoms with Gasteiger partial charge in [-0.05, 0) is 37.6 Å². The lowest BCUT2D eigenvalue weighted by Crippen LogP contribution is -2.21. The Morgan fingerprint density at radius 3 is 3.00 bits per heavy atom. The van der Waals surface area contributed by atoms with Crippen LogP contribution < -0.4 is 5.32 Å². The van der Waals surface area contributed by atoms with E-state index in [-0.39, 0.29) is 0 Å². The average molecular weight is 322 g/mol. The van der Waals surface area contributed by atoms with E-state index in [0.717, 1.165) is 43.7 Å². The normalized spacial score (nSPS) is 15.0. The van der Waals surface area contributed by atoms with Crippen molar-refractivity contribution in [1.82, 2.24) is 14.9 Å². The highest BCUT2D eigenvalue weighted by Gasteiger charge is 2.11. The number of hydrogen-bond donors (Lipinski definition) is 1. The van der Waals surface area contributed by atoms with Gasteiger partial charge in [-0.3, -0.25) is 0 Å². The standard InChI is InChI=1S/C16H17Cl2N3/c17-13-1-2-15(18)14(9-13)16-10-20-11-21(16)8-5-12-3-6-19-7-4-12/h1-3,9-11,19H,4-8H2. The number of aryl methyl sites for hydroxylation is 1. The van der Waals surface area contributed by atoms with Gasteiger partial charge in [0.05, 0.1) is 23.2 Å². The Hall–Kier alpha value is -1.29. The first-order chi connectivity index (χ1) is 10.2. The lowest BCUT2D eigenvalue weighted by atomic mass is 10.1. The van der Waals surface area contributed by atoms with Gasteiger partial charge in [0.1, 0.15) is 0 Å². The molecule has 0 amide bonds. The van der Waals surface area contributed by atoms with Gasteiger partial charge in [-0.25, -0.2) is 4.98 Å². The Morgan fingerprint density at radius 1 is 1.29 bits per heavy atom. The van der Waals surface area contributed by atoms with Crippen LogP contribution in [0.2, 0.25) is 10.0 Å². The van der Waals surface area contributed by atoms with Crippen molar-refractivity contribution in [3.05, 3.63) is 52.4 Å². The molecule has 0 saturated heterocycles. The van der Waals surface area contributed by atoms with Gasteiger partial charge >= 0.3 is 0 Å². The summed E-state index contributed by atoms with van der Waals surface area (Å²) in [5.41, 5.74) is 3.45. The molecule has 1 N–H and O–H groups in total. The summed E-state index contributed by atoms with van der Waals surface area (Å²) >= 11 is 12.4. The predicted molar refractivity (Wildman–Crippen MR) is 87.9 cm³/mol. The quantitative estimate of drug-likeness (QED) is 0.856. The molecule has 2 heterocycles. The fourth-order valence-electron chi connectivity index (χ4n) is 2.58. The van der Waals surface area contributed by atoms with E-state index in [4.69, 9.17) is 23.2 Å². The van der Waals surface area contributed by atoms with Crippen LogP contribution in [0.15, 0.2) is 42.4 Å². The Labute approximate surface area is 134 Å². The van der Waals surface area contributed by atoms with Crippen LogP contribution in [-0.4, -0.2) is 22.6 Å². The molecule has 0 fully saturated rings. The van der Waals surface area contributed by atoms with E-state index in [1.165, 1.54) is 5.57 Å². The van der Waals surface area contributed by atoms with Gasteiger partial charge in [0.2, 0.25) is 0 Å². The molecular formula is C16H17Cl2N3. The highest BCUT2D eigenvalue weighted by molar-refractivity contribution is 6.35. The summed E-state index contributed by atoms with van der Waals surface area (Å²) in [7, 11) is 0. The number of halogens is 2. The Morgan fingerprint density at radius 2 is 2.19 bits per heavy atom. The molecule has 0 atom stereocenters. The molecule has 0 radical (unpaired) electrons. The van der Waals surface area contributed by atoms with Crippen LogP contribution in [0.4, 0.5) is 0 Å². The van der Waals surface area contributed by atoms with Crippen LogP contribution >= 0.6 is 23.2 Å². The molecule has 0 aliphatic carbocycles. The maximum absolute atomic E-state index is 6.29. The Balaban J connectivity index is 1.80. The van der Waals surface area contributed by atoms with E-state index in [2.05, 4.69) is 20.9 Å². The third kappa shape index (κ3) is 3.49. The number of imidazole rings is 1. The molecule has 5 heteroatoms. The van der Waals surface area contributed by atoms with E-state index >= 15 is 0 Å². The minimum Gasteiger partial charge on any atom is -0.330 e. The van der Waals surface area contributed by atoms with Crippen molar-refractivity contribution in [1.29, 1.82) is 0 Å². The van der Waals surface area contributed by atoms with Crippen molar-refractivity contribution in [3.8, 4) is 11.3 Å². The summed E-state index contributed by atoms with van der Waals surface area (Å²) < 4.78 is 2.14.